The normalized spacial score (nSPS) is 16.6. The predicted octanol–water partition coefficient (Wildman–Crippen LogP) is 2.33. The lowest BCUT2D eigenvalue weighted by Crippen LogP contribution is -2.31. The first-order valence-corrected chi connectivity index (χ1v) is 11.0. The third-order valence-electron chi connectivity index (χ3n) is 4.59. The van der Waals surface area contributed by atoms with Crippen molar-refractivity contribution in [3.8, 4) is 0 Å². The molecule has 1 fully saturated rings. The van der Waals surface area contributed by atoms with Crippen LogP contribution in [0, 0.1) is 0 Å². The number of nitrogens with zero attached hydrogens (tertiary/aromatic N) is 2. The van der Waals surface area contributed by atoms with Gasteiger partial charge in [0.1, 0.15) is 0 Å². The summed E-state index contributed by atoms with van der Waals surface area (Å²) in [6.07, 6.45) is 8.10. The number of carbonyl (C=O) groups is 1. The maximum Gasteiger partial charge on any atom is 0.243 e. The summed E-state index contributed by atoms with van der Waals surface area (Å²) in [7, 11) is 0.567. The van der Waals surface area contributed by atoms with Gasteiger partial charge >= 0.3 is 0 Å². The fourth-order valence-electron chi connectivity index (χ4n) is 3.02. The van der Waals surface area contributed by atoms with Crippen LogP contribution in [0.2, 0.25) is 0 Å². The molecule has 1 aromatic rings. The van der Waals surface area contributed by atoms with E-state index in [2.05, 4.69) is 10.2 Å². The molecule has 150 valence electrons. The van der Waals surface area contributed by atoms with Crippen molar-refractivity contribution in [3.63, 3.8) is 0 Å². The summed E-state index contributed by atoms with van der Waals surface area (Å²) < 4.78 is 27.1. The van der Waals surface area contributed by atoms with Crippen LogP contribution in [0.5, 0.6) is 0 Å². The minimum atomic E-state index is -3.43. The lowest BCUT2D eigenvalue weighted by atomic mass is 10.2. The third-order valence-corrected chi connectivity index (χ3v) is 6.50. The highest BCUT2D eigenvalue weighted by atomic mass is 32.2. The highest BCUT2D eigenvalue weighted by molar-refractivity contribution is 7.89. The van der Waals surface area contributed by atoms with Crippen LogP contribution in [-0.4, -0.2) is 63.8 Å². The van der Waals surface area contributed by atoms with Crippen molar-refractivity contribution < 1.29 is 13.2 Å². The first-order valence-electron chi connectivity index (χ1n) is 9.60. The summed E-state index contributed by atoms with van der Waals surface area (Å²) in [6, 6.07) is 6.71. The van der Waals surface area contributed by atoms with E-state index < -0.39 is 10.0 Å². The largest absolute Gasteiger partial charge is 0.353 e. The molecule has 1 aliphatic heterocycles. The van der Waals surface area contributed by atoms with Crippen LogP contribution in [0.1, 0.15) is 37.7 Å². The molecule has 0 saturated carbocycles. The van der Waals surface area contributed by atoms with Crippen molar-refractivity contribution in [1.29, 1.82) is 0 Å². The summed E-state index contributed by atoms with van der Waals surface area (Å²) in [5.41, 5.74) is 0.799. The number of carbonyl (C=O) groups excluding carboxylic acids is 1. The van der Waals surface area contributed by atoms with Gasteiger partial charge in [-0.25, -0.2) is 8.42 Å². The maximum absolute atomic E-state index is 12.8. The Kier molecular flexibility index (Phi) is 8.47. The van der Waals surface area contributed by atoms with Gasteiger partial charge in [-0.15, -0.1) is 0 Å². The molecule has 0 aliphatic carbocycles. The number of amides is 1. The fraction of sp³-hybridized carbons (Fsp3) is 0.550. The van der Waals surface area contributed by atoms with E-state index in [1.165, 1.54) is 6.08 Å². The lowest BCUT2D eigenvalue weighted by molar-refractivity contribution is -0.116. The third kappa shape index (κ3) is 7.08. The van der Waals surface area contributed by atoms with E-state index in [-0.39, 0.29) is 5.91 Å². The molecule has 0 bridgehead atoms. The zero-order valence-electron chi connectivity index (χ0n) is 16.4. The van der Waals surface area contributed by atoms with Crippen molar-refractivity contribution >= 4 is 22.0 Å². The molecule has 6 nitrogen and oxygen atoms in total. The van der Waals surface area contributed by atoms with E-state index in [0.29, 0.717) is 24.5 Å². The van der Waals surface area contributed by atoms with Gasteiger partial charge in [0.15, 0.2) is 0 Å². The Morgan fingerprint density at radius 2 is 1.74 bits per heavy atom. The first kappa shape index (κ1) is 21.6. The molecule has 1 amide bonds. The Morgan fingerprint density at radius 3 is 2.33 bits per heavy atom. The molecule has 1 aliphatic rings. The fourth-order valence-corrected chi connectivity index (χ4v) is 4.54. The summed E-state index contributed by atoms with van der Waals surface area (Å²) in [5.74, 6) is -0.143. The molecule has 1 saturated heterocycles. The molecule has 27 heavy (non-hydrogen) atoms. The quantitative estimate of drug-likeness (QED) is 0.544. The predicted molar refractivity (Wildman–Crippen MR) is 109 cm³/mol. The van der Waals surface area contributed by atoms with E-state index in [4.69, 9.17) is 0 Å². The van der Waals surface area contributed by atoms with Gasteiger partial charge in [-0.2, -0.15) is 4.31 Å². The van der Waals surface area contributed by atoms with E-state index in [0.717, 1.165) is 44.2 Å². The number of rotatable bonds is 8. The average Bonchev–Trinajstić information content (AvgIpc) is 2.94. The Hall–Kier alpha value is -1.70. The lowest BCUT2D eigenvalue weighted by Gasteiger charge is -2.19. The van der Waals surface area contributed by atoms with Gasteiger partial charge in [-0.1, -0.05) is 25.0 Å². The van der Waals surface area contributed by atoms with E-state index in [1.54, 1.807) is 34.6 Å². The molecule has 1 heterocycles. The second kappa shape index (κ2) is 10.6. The van der Waals surface area contributed by atoms with Crippen molar-refractivity contribution in [2.24, 2.45) is 0 Å². The maximum atomic E-state index is 12.8. The SMILES string of the molecule is CN(C)CCCNC(=O)/C=C/c1ccc(S(=O)(=O)N2CCCCCC2)cc1. The molecule has 2 rings (SSSR count). The minimum Gasteiger partial charge on any atom is -0.353 e. The number of nitrogens with one attached hydrogen (secondary N) is 1. The van der Waals surface area contributed by atoms with Crippen LogP contribution < -0.4 is 5.32 Å². The van der Waals surface area contributed by atoms with Crippen molar-refractivity contribution in [1.82, 2.24) is 14.5 Å². The molecule has 0 unspecified atom stereocenters. The second-order valence-electron chi connectivity index (χ2n) is 7.17. The molecular formula is C20H31N3O3S. The van der Waals surface area contributed by atoms with Gasteiger partial charge in [0.25, 0.3) is 0 Å². The molecule has 0 aromatic heterocycles. The Balaban J connectivity index is 1.91. The number of sulfonamides is 1. The second-order valence-corrected chi connectivity index (χ2v) is 9.11. The Labute approximate surface area is 163 Å². The summed E-state index contributed by atoms with van der Waals surface area (Å²) >= 11 is 0. The summed E-state index contributed by atoms with van der Waals surface area (Å²) in [6.45, 7) is 2.75. The average molecular weight is 394 g/mol. The van der Waals surface area contributed by atoms with E-state index >= 15 is 0 Å². The van der Waals surface area contributed by atoms with Crippen LogP contribution in [0.15, 0.2) is 35.2 Å². The molecule has 0 radical (unpaired) electrons. The Morgan fingerprint density at radius 1 is 1.11 bits per heavy atom. The topological polar surface area (TPSA) is 69.7 Å². The molecule has 1 N–H and O–H groups in total. The summed E-state index contributed by atoms with van der Waals surface area (Å²) in [5, 5.41) is 2.84. The highest BCUT2D eigenvalue weighted by Crippen LogP contribution is 2.20. The molecule has 0 atom stereocenters. The van der Waals surface area contributed by atoms with Crippen LogP contribution in [0.4, 0.5) is 0 Å². The van der Waals surface area contributed by atoms with E-state index in [9.17, 15) is 13.2 Å². The smallest absolute Gasteiger partial charge is 0.243 e. The standard InChI is InChI=1S/C20H31N3O3S/c1-22(2)15-7-14-21-20(24)13-10-18-8-11-19(12-9-18)27(25,26)23-16-5-3-4-6-17-23/h8-13H,3-7,14-17H2,1-2H3,(H,21,24)/b13-10+. The monoisotopic (exact) mass is 393 g/mol. The van der Waals surface area contributed by atoms with Crippen LogP contribution in [0.3, 0.4) is 0 Å². The van der Waals surface area contributed by atoms with Crippen LogP contribution in [0.25, 0.3) is 6.08 Å². The Bertz CT molecular complexity index is 719. The zero-order valence-corrected chi connectivity index (χ0v) is 17.2. The van der Waals surface area contributed by atoms with Crippen molar-refractivity contribution in [3.05, 3.63) is 35.9 Å². The number of hydrogen-bond donors (Lipinski definition) is 1. The van der Waals surface area contributed by atoms with Gasteiger partial charge in [-0.3, -0.25) is 4.79 Å². The summed E-state index contributed by atoms with van der Waals surface area (Å²) in [4.78, 5) is 14.2. The number of hydrogen-bond acceptors (Lipinski definition) is 4. The molecule has 0 spiro atoms. The molecule has 7 heteroatoms. The molecular weight excluding hydrogens is 362 g/mol. The van der Waals surface area contributed by atoms with Crippen molar-refractivity contribution in [2.45, 2.75) is 37.0 Å². The minimum absolute atomic E-state index is 0.143. The van der Waals surface area contributed by atoms with Gasteiger partial charge in [-0.05, 0) is 63.7 Å². The van der Waals surface area contributed by atoms with Gasteiger partial charge in [0.05, 0.1) is 4.90 Å². The molecule has 1 aromatic carbocycles. The van der Waals surface area contributed by atoms with Gasteiger partial charge in [0, 0.05) is 25.7 Å². The first-order chi connectivity index (χ1) is 12.9. The van der Waals surface area contributed by atoms with E-state index in [1.807, 2.05) is 14.1 Å². The van der Waals surface area contributed by atoms with Crippen LogP contribution >= 0.6 is 0 Å². The van der Waals surface area contributed by atoms with Crippen LogP contribution in [-0.2, 0) is 14.8 Å². The number of benzene rings is 1. The van der Waals surface area contributed by atoms with Gasteiger partial charge < -0.3 is 10.2 Å². The highest BCUT2D eigenvalue weighted by Gasteiger charge is 2.24. The zero-order chi connectivity index (χ0) is 19.7. The van der Waals surface area contributed by atoms with Crippen molar-refractivity contribution in [2.75, 3.05) is 40.3 Å². The van der Waals surface area contributed by atoms with Gasteiger partial charge in [0.2, 0.25) is 15.9 Å².